The molecule has 29 heavy (non-hydrogen) atoms. The first-order valence-corrected chi connectivity index (χ1v) is 8.80. The van der Waals surface area contributed by atoms with Crippen LogP contribution in [0.5, 0.6) is 0 Å². The molecule has 0 aliphatic carbocycles. The number of carbonyl (C=O) groups excluding carboxylic acids is 1. The molecule has 1 amide bonds. The Hall–Kier alpha value is -4.26. The molecule has 0 saturated carbocycles. The zero-order valence-electron chi connectivity index (χ0n) is 15.1. The molecule has 1 N–H and O–H groups in total. The third-order valence-electron chi connectivity index (χ3n) is 4.35. The number of nitrogens with one attached hydrogen (secondary N) is 1. The molecule has 0 radical (unpaired) electrons. The van der Waals surface area contributed by atoms with Crippen LogP contribution in [0.2, 0.25) is 0 Å². The molecule has 7 heteroatoms. The van der Waals surface area contributed by atoms with Crippen LogP contribution in [0.3, 0.4) is 0 Å². The van der Waals surface area contributed by atoms with Crippen molar-refractivity contribution in [3.05, 3.63) is 101 Å². The molecule has 3 aromatic carbocycles. The highest BCUT2D eigenvalue weighted by Gasteiger charge is 2.26. The van der Waals surface area contributed by atoms with Gasteiger partial charge in [0.1, 0.15) is 16.9 Å². The minimum Gasteiger partial charge on any atom is -0.355 e. The quantitative estimate of drug-likeness (QED) is 0.377. The average molecular weight is 385 g/mol. The van der Waals surface area contributed by atoms with Gasteiger partial charge in [0.05, 0.1) is 4.92 Å². The minimum atomic E-state index is -0.543. The molecule has 0 aliphatic heterocycles. The molecule has 0 atom stereocenters. The number of para-hydroxylation sites is 2. The fraction of sp³-hybridized carbons (Fsp3) is 0. The van der Waals surface area contributed by atoms with Crippen LogP contribution in [0.25, 0.3) is 22.6 Å². The highest BCUT2D eigenvalue weighted by molar-refractivity contribution is 6.12. The zero-order chi connectivity index (χ0) is 20.2. The standard InChI is InChI=1S/C22H15N3O4/c26-22(23-17-13-7-8-14-18(17)25(27)28)19-20(15-9-3-1-4-10-15)24-29-21(19)16-11-5-2-6-12-16/h1-14H,(H,23,26). The molecule has 4 aromatic rings. The lowest BCUT2D eigenvalue weighted by molar-refractivity contribution is -0.383. The summed E-state index contributed by atoms with van der Waals surface area (Å²) in [4.78, 5) is 24.0. The summed E-state index contributed by atoms with van der Waals surface area (Å²) in [5.74, 6) is -0.251. The lowest BCUT2D eigenvalue weighted by atomic mass is 10.0. The second-order valence-electron chi connectivity index (χ2n) is 6.20. The zero-order valence-corrected chi connectivity index (χ0v) is 15.1. The lowest BCUT2D eigenvalue weighted by Crippen LogP contribution is -2.14. The summed E-state index contributed by atoms with van der Waals surface area (Å²) < 4.78 is 5.53. The molecule has 0 bridgehead atoms. The van der Waals surface area contributed by atoms with Crippen molar-refractivity contribution in [3.63, 3.8) is 0 Å². The third kappa shape index (κ3) is 3.61. The second-order valence-corrected chi connectivity index (χ2v) is 6.20. The third-order valence-corrected chi connectivity index (χ3v) is 4.35. The summed E-state index contributed by atoms with van der Waals surface area (Å²) in [6, 6.07) is 24.2. The number of amides is 1. The molecule has 0 fully saturated rings. The van der Waals surface area contributed by atoms with Gasteiger partial charge in [0.25, 0.3) is 11.6 Å². The summed E-state index contributed by atoms with van der Waals surface area (Å²) in [6.07, 6.45) is 0. The van der Waals surface area contributed by atoms with Crippen molar-refractivity contribution in [3.8, 4) is 22.6 Å². The number of nitro benzene ring substituents is 1. The van der Waals surface area contributed by atoms with Crippen LogP contribution in [0, 0.1) is 10.1 Å². The number of rotatable bonds is 5. The number of nitrogens with zero attached hydrogens (tertiary/aromatic N) is 2. The summed E-state index contributed by atoms with van der Waals surface area (Å²) in [5, 5.41) is 18.0. The molecule has 7 nitrogen and oxygen atoms in total. The predicted octanol–water partition coefficient (Wildman–Crippen LogP) is 5.17. The number of hydrogen-bond donors (Lipinski definition) is 1. The van der Waals surface area contributed by atoms with Crippen molar-refractivity contribution in [1.82, 2.24) is 5.16 Å². The number of anilines is 1. The largest absolute Gasteiger partial charge is 0.355 e. The first kappa shape index (κ1) is 18.1. The van der Waals surface area contributed by atoms with Crippen molar-refractivity contribution in [1.29, 1.82) is 0 Å². The van der Waals surface area contributed by atoms with Crippen LogP contribution in [0.1, 0.15) is 10.4 Å². The van der Waals surface area contributed by atoms with Crippen molar-refractivity contribution in [2.24, 2.45) is 0 Å². The van der Waals surface area contributed by atoms with Gasteiger partial charge in [-0.3, -0.25) is 14.9 Å². The van der Waals surface area contributed by atoms with Crippen LogP contribution in [-0.2, 0) is 0 Å². The van der Waals surface area contributed by atoms with Crippen LogP contribution < -0.4 is 5.32 Å². The van der Waals surface area contributed by atoms with Gasteiger partial charge in [0.15, 0.2) is 5.76 Å². The normalized spacial score (nSPS) is 10.5. The van der Waals surface area contributed by atoms with Gasteiger partial charge in [-0.2, -0.15) is 0 Å². The Kier molecular flexibility index (Phi) is 4.86. The molecule has 0 spiro atoms. The molecular formula is C22H15N3O4. The maximum absolute atomic E-state index is 13.2. The van der Waals surface area contributed by atoms with Gasteiger partial charge in [-0.15, -0.1) is 0 Å². The van der Waals surface area contributed by atoms with E-state index in [0.29, 0.717) is 22.6 Å². The summed E-state index contributed by atoms with van der Waals surface area (Å²) in [7, 11) is 0. The van der Waals surface area contributed by atoms with Crippen LogP contribution in [0.15, 0.2) is 89.5 Å². The summed E-state index contributed by atoms with van der Waals surface area (Å²) in [6.45, 7) is 0. The Labute approximate surface area is 165 Å². The molecule has 0 saturated heterocycles. The van der Waals surface area contributed by atoms with Crippen LogP contribution in [0.4, 0.5) is 11.4 Å². The molecule has 142 valence electrons. The number of benzene rings is 3. The van der Waals surface area contributed by atoms with E-state index in [-0.39, 0.29) is 16.9 Å². The summed E-state index contributed by atoms with van der Waals surface area (Å²) >= 11 is 0. The van der Waals surface area contributed by atoms with Crippen molar-refractivity contribution in [2.45, 2.75) is 0 Å². The van der Waals surface area contributed by atoms with Gasteiger partial charge < -0.3 is 9.84 Å². The van der Waals surface area contributed by atoms with Crippen molar-refractivity contribution < 1.29 is 14.2 Å². The maximum Gasteiger partial charge on any atom is 0.292 e. The molecule has 1 heterocycles. The van der Waals surface area contributed by atoms with E-state index in [0.717, 1.165) is 0 Å². The van der Waals surface area contributed by atoms with E-state index < -0.39 is 10.8 Å². The highest BCUT2D eigenvalue weighted by atomic mass is 16.6. The van der Waals surface area contributed by atoms with Gasteiger partial charge >= 0.3 is 0 Å². The molecule has 0 unspecified atom stereocenters. The first-order chi connectivity index (χ1) is 14.1. The van der Waals surface area contributed by atoms with E-state index in [1.54, 1.807) is 18.2 Å². The summed E-state index contributed by atoms with van der Waals surface area (Å²) in [5.41, 5.74) is 1.85. The lowest BCUT2D eigenvalue weighted by Gasteiger charge is -2.07. The average Bonchev–Trinajstić information content (AvgIpc) is 3.20. The molecular weight excluding hydrogens is 370 g/mol. The Morgan fingerprint density at radius 2 is 1.45 bits per heavy atom. The van der Waals surface area contributed by atoms with Gasteiger partial charge in [0.2, 0.25) is 0 Å². The first-order valence-electron chi connectivity index (χ1n) is 8.80. The van der Waals surface area contributed by atoms with Gasteiger partial charge in [0, 0.05) is 17.2 Å². The van der Waals surface area contributed by atoms with E-state index in [2.05, 4.69) is 10.5 Å². The highest BCUT2D eigenvalue weighted by Crippen LogP contribution is 2.33. The van der Waals surface area contributed by atoms with E-state index in [4.69, 9.17) is 4.52 Å². The van der Waals surface area contributed by atoms with Crippen molar-refractivity contribution >= 4 is 17.3 Å². The Morgan fingerprint density at radius 3 is 2.10 bits per heavy atom. The SMILES string of the molecule is O=C(Nc1ccccc1[N+](=O)[O-])c1c(-c2ccccc2)noc1-c1ccccc1. The number of aromatic nitrogens is 1. The number of nitro groups is 1. The monoisotopic (exact) mass is 385 g/mol. The van der Waals surface area contributed by atoms with Crippen molar-refractivity contribution in [2.75, 3.05) is 5.32 Å². The fourth-order valence-electron chi connectivity index (χ4n) is 3.00. The smallest absolute Gasteiger partial charge is 0.292 e. The number of carbonyl (C=O) groups is 1. The van der Waals surface area contributed by atoms with Crippen LogP contribution in [-0.4, -0.2) is 16.0 Å². The Bertz CT molecular complexity index is 1110. The predicted molar refractivity (Wildman–Crippen MR) is 108 cm³/mol. The minimum absolute atomic E-state index is 0.0988. The van der Waals surface area contributed by atoms with E-state index in [1.165, 1.54) is 18.2 Å². The molecule has 0 aliphatic rings. The topological polar surface area (TPSA) is 98.3 Å². The van der Waals surface area contributed by atoms with E-state index in [9.17, 15) is 14.9 Å². The van der Waals surface area contributed by atoms with Gasteiger partial charge in [-0.25, -0.2) is 0 Å². The van der Waals surface area contributed by atoms with Crippen LogP contribution >= 0.6 is 0 Å². The second kappa shape index (κ2) is 7.77. The molecule has 4 rings (SSSR count). The van der Waals surface area contributed by atoms with E-state index >= 15 is 0 Å². The molecule has 1 aromatic heterocycles. The number of hydrogen-bond acceptors (Lipinski definition) is 5. The maximum atomic E-state index is 13.2. The fourth-order valence-corrected chi connectivity index (χ4v) is 3.00. The van der Waals surface area contributed by atoms with Gasteiger partial charge in [-0.05, 0) is 6.07 Å². The Balaban J connectivity index is 1.82. The van der Waals surface area contributed by atoms with Gasteiger partial charge in [-0.1, -0.05) is 78.0 Å². The Morgan fingerprint density at radius 1 is 0.862 bits per heavy atom. The van der Waals surface area contributed by atoms with E-state index in [1.807, 2.05) is 48.5 Å².